The number of carbonyl (C=O) groups excluding carboxylic acids is 1. The second kappa shape index (κ2) is 6.29. The Morgan fingerprint density at radius 2 is 1.62 bits per heavy atom. The van der Waals surface area contributed by atoms with Gasteiger partial charge >= 0.3 is 12.0 Å². The van der Waals surface area contributed by atoms with Crippen molar-refractivity contribution in [3.05, 3.63) is 0 Å². The Labute approximate surface area is 93.7 Å². The molecule has 0 aliphatic carbocycles. The van der Waals surface area contributed by atoms with Gasteiger partial charge in [0.1, 0.15) is 5.54 Å². The summed E-state index contributed by atoms with van der Waals surface area (Å²) in [6.45, 7) is 2.29. The van der Waals surface area contributed by atoms with Crippen LogP contribution >= 0.6 is 0 Å². The monoisotopic (exact) mass is 234 g/mol. The maximum absolute atomic E-state index is 11.6. The minimum atomic E-state index is -1.39. The molecule has 0 bridgehead atoms. The number of urea groups is 1. The van der Waals surface area contributed by atoms with E-state index < -0.39 is 17.5 Å². The van der Waals surface area contributed by atoms with Crippen LogP contribution in [-0.4, -0.2) is 64.1 Å². The van der Waals surface area contributed by atoms with Crippen molar-refractivity contribution < 1.29 is 24.9 Å². The first kappa shape index (κ1) is 14.7. The van der Waals surface area contributed by atoms with Crippen LogP contribution in [0.15, 0.2) is 0 Å². The Morgan fingerprint density at radius 3 is 1.94 bits per heavy atom. The minimum absolute atomic E-state index is 0.0437. The highest BCUT2D eigenvalue weighted by Crippen LogP contribution is 2.03. The third-order valence-corrected chi connectivity index (χ3v) is 1.98. The zero-order valence-electron chi connectivity index (χ0n) is 9.43. The van der Waals surface area contributed by atoms with Crippen molar-refractivity contribution in [2.24, 2.45) is 0 Å². The smallest absolute Gasteiger partial charge is 0.328 e. The summed E-state index contributed by atoms with van der Waals surface area (Å²) in [5.41, 5.74) is -1.39. The topological polar surface area (TPSA) is 110 Å². The molecule has 0 saturated carbocycles. The molecule has 94 valence electrons. The van der Waals surface area contributed by atoms with Crippen LogP contribution in [-0.2, 0) is 4.79 Å². The number of carbonyl (C=O) groups is 2. The fourth-order valence-corrected chi connectivity index (χ4v) is 0.956. The van der Waals surface area contributed by atoms with Crippen LogP contribution in [0, 0.1) is 0 Å². The lowest BCUT2D eigenvalue weighted by atomic mass is 10.1. The second-order valence-electron chi connectivity index (χ2n) is 3.79. The molecular formula is C9H18N2O5. The zero-order valence-corrected chi connectivity index (χ0v) is 9.43. The normalized spacial score (nSPS) is 11.0. The molecular weight excluding hydrogens is 216 g/mol. The van der Waals surface area contributed by atoms with Gasteiger partial charge in [-0.1, -0.05) is 0 Å². The van der Waals surface area contributed by atoms with Crippen LogP contribution in [0.5, 0.6) is 0 Å². The van der Waals surface area contributed by atoms with Crippen LogP contribution in [0.1, 0.15) is 13.8 Å². The van der Waals surface area contributed by atoms with E-state index in [0.29, 0.717) is 0 Å². The summed E-state index contributed by atoms with van der Waals surface area (Å²) in [7, 11) is 0. The molecule has 0 unspecified atom stereocenters. The summed E-state index contributed by atoms with van der Waals surface area (Å²) < 4.78 is 0. The van der Waals surface area contributed by atoms with Gasteiger partial charge in [-0.15, -0.1) is 0 Å². The number of nitrogens with zero attached hydrogens (tertiary/aromatic N) is 1. The quantitative estimate of drug-likeness (QED) is 0.463. The number of aliphatic hydroxyl groups excluding tert-OH is 2. The highest BCUT2D eigenvalue weighted by molar-refractivity contribution is 5.85. The van der Waals surface area contributed by atoms with Crippen LogP contribution in [0.2, 0.25) is 0 Å². The van der Waals surface area contributed by atoms with Crippen molar-refractivity contribution in [1.82, 2.24) is 10.2 Å². The fraction of sp³-hybridized carbons (Fsp3) is 0.778. The Morgan fingerprint density at radius 1 is 1.19 bits per heavy atom. The molecule has 0 heterocycles. The number of rotatable bonds is 6. The summed E-state index contributed by atoms with van der Waals surface area (Å²) in [4.78, 5) is 23.5. The first-order valence-electron chi connectivity index (χ1n) is 4.87. The lowest BCUT2D eigenvalue weighted by Gasteiger charge is -2.27. The van der Waals surface area contributed by atoms with E-state index in [2.05, 4.69) is 5.32 Å². The Bertz CT molecular complexity index is 248. The number of amides is 2. The van der Waals surface area contributed by atoms with E-state index in [9.17, 15) is 9.59 Å². The van der Waals surface area contributed by atoms with Gasteiger partial charge in [0.25, 0.3) is 0 Å². The van der Waals surface area contributed by atoms with Gasteiger partial charge in [0.15, 0.2) is 0 Å². The molecule has 2 amide bonds. The lowest BCUT2D eigenvalue weighted by Crippen LogP contribution is -2.55. The Balaban J connectivity index is 4.45. The maximum atomic E-state index is 11.6. The van der Waals surface area contributed by atoms with Gasteiger partial charge in [0.05, 0.1) is 13.2 Å². The number of carboxylic acids is 1. The van der Waals surface area contributed by atoms with Crippen molar-refractivity contribution in [2.45, 2.75) is 19.4 Å². The van der Waals surface area contributed by atoms with E-state index in [0.717, 1.165) is 4.90 Å². The van der Waals surface area contributed by atoms with Crippen molar-refractivity contribution in [3.8, 4) is 0 Å². The van der Waals surface area contributed by atoms with E-state index in [1.165, 1.54) is 13.8 Å². The predicted molar refractivity (Wildman–Crippen MR) is 56.0 cm³/mol. The van der Waals surface area contributed by atoms with E-state index in [1.54, 1.807) is 0 Å². The molecule has 0 aliphatic rings. The molecule has 7 heteroatoms. The van der Waals surface area contributed by atoms with Crippen molar-refractivity contribution in [2.75, 3.05) is 26.3 Å². The molecule has 0 aromatic carbocycles. The predicted octanol–water partition coefficient (Wildman–Crippen LogP) is -1.15. The van der Waals surface area contributed by atoms with Gasteiger partial charge in [-0.2, -0.15) is 0 Å². The summed E-state index contributed by atoms with van der Waals surface area (Å²) in [6.07, 6.45) is 0. The van der Waals surface area contributed by atoms with Gasteiger partial charge in [0, 0.05) is 13.1 Å². The first-order chi connectivity index (χ1) is 7.35. The van der Waals surface area contributed by atoms with Gasteiger partial charge < -0.3 is 25.5 Å². The number of aliphatic carboxylic acids is 1. The molecule has 16 heavy (non-hydrogen) atoms. The van der Waals surface area contributed by atoms with Crippen LogP contribution < -0.4 is 5.32 Å². The highest BCUT2D eigenvalue weighted by Gasteiger charge is 2.30. The standard InChI is InChI=1S/C9H18N2O5/c1-9(2,7(14)15)10-8(16)11(3-5-12)4-6-13/h12-13H,3-6H2,1-2H3,(H,10,16)(H,14,15). The number of hydrogen-bond acceptors (Lipinski definition) is 4. The van der Waals surface area contributed by atoms with Gasteiger partial charge in [-0.05, 0) is 13.8 Å². The SMILES string of the molecule is CC(C)(NC(=O)N(CCO)CCO)C(=O)O. The molecule has 0 spiro atoms. The number of hydrogen-bond donors (Lipinski definition) is 4. The molecule has 0 rings (SSSR count). The average molecular weight is 234 g/mol. The Hall–Kier alpha value is -1.34. The lowest BCUT2D eigenvalue weighted by molar-refractivity contribution is -0.143. The summed E-state index contributed by atoms with van der Waals surface area (Å²) >= 11 is 0. The third kappa shape index (κ3) is 4.45. The molecule has 0 aromatic rings. The largest absolute Gasteiger partial charge is 0.480 e. The van der Waals surface area contributed by atoms with Gasteiger partial charge in [-0.3, -0.25) is 0 Å². The molecule has 7 nitrogen and oxygen atoms in total. The van der Waals surface area contributed by atoms with Gasteiger partial charge in [-0.25, -0.2) is 9.59 Å². The van der Waals surface area contributed by atoms with Crippen molar-refractivity contribution in [3.63, 3.8) is 0 Å². The summed E-state index contributed by atoms with van der Waals surface area (Å²) in [6, 6.07) is -0.629. The van der Waals surface area contributed by atoms with E-state index >= 15 is 0 Å². The minimum Gasteiger partial charge on any atom is -0.480 e. The molecule has 0 aromatic heterocycles. The summed E-state index contributed by atoms with van der Waals surface area (Å²) in [5.74, 6) is -1.16. The maximum Gasteiger partial charge on any atom is 0.328 e. The highest BCUT2D eigenvalue weighted by atomic mass is 16.4. The first-order valence-corrected chi connectivity index (χ1v) is 4.87. The Kier molecular flexibility index (Phi) is 5.76. The molecule has 0 fully saturated rings. The van der Waals surface area contributed by atoms with E-state index in [-0.39, 0.29) is 26.3 Å². The summed E-state index contributed by atoms with van der Waals surface area (Å²) in [5, 5.41) is 28.5. The zero-order chi connectivity index (χ0) is 12.8. The van der Waals surface area contributed by atoms with Crippen LogP contribution in [0.3, 0.4) is 0 Å². The fourth-order valence-electron chi connectivity index (χ4n) is 0.956. The molecule has 0 atom stereocenters. The van der Waals surface area contributed by atoms with Crippen LogP contribution in [0.4, 0.5) is 4.79 Å². The molecule has 0 radical (unpaired) electrons. The number of carboxylic acid groups (broad SMARTS) is 1. The van der Waals surface area contributed by atoms with E-state index in [4.69, 9.17) is 15.3 Å². The number of aliphatic hydroxyl groups is 2. The third-order valence-electron chi connectivity index (χ3n) is 1.98. The van der Waals surface area contributed by atoms with E-state index in [1.807, 2.05) is 0 Å². The number of nitrogens with one attached hydrogen (secondary N) is 1. The second-order valence-corrected chi connectivity index (χ2v) is 3.79. The van der Waals surface area contributed by atoms with Crippen molar-refractivity contribution >= 4 is 12.0 Å². The molecule has 0 saturated heterocycles. The van der Waals surface area contributed by atoms with Crippen LogP contribution in [0.25, 0.3) is 0 Å². The van der Waals surface area contributed by atoms with Crippen molar-refractivity contribution in [1.29, 1.82) is 0 Å². The molecule has 4 N–H and O–H groups in total. The average Bonchev–Trinajstić information content (AvgIpc) is 2.16. The van der Waals surface area contributed by atoms with Gasteiger partial charge in [0.2, 0.25) is 0 Å². The molecule has 0 aliphatic heterocycles.